The van der Waals surface area contributed by atoms with Gasteiger partial charge in [0, 0.05) is 10.8 Å². The van der Waals surface area contributed by atoms with E-state index in [4.69, 9.17) is 4.98 Å². The number of para-hydroxylation sites is 2. The summed E-state index contributed by atoms with van der Waals surface area (Å²) in [4.78, 5) is 5.04. The van der Waals surface area contributed by atoms with Gasteiger partial charge in [0.2, 0.25) is 0 Å². The minimum Gasteiger partial charge on any atom is -0.292 e. The molecule has 0 atom stereocenters. The fourth-order valence-corrected chi connectivity index (χ4v) is 4.91. The lowest BCUT2D eigenvalue weighted by atomic mass is 9.80. The molecule has 5 rings (SSSR count). The SMILES string of the molecule is CC(C)(C)Cc1cc2c3ccccc3c3nc4ccccc4n3c2cc1CC(C)(C)C. The molecule has 0 amide bonds. The molecule has 0 aliphatic heterocycles. The van der Waals surface area contributed by atoms with Gasteiger partial charge >= 0.3 is 0 Å². The lowest BCUT2D eigenvalue weighted by Gasteiger charge is -2.25. The molecule has 3 aromatic carbocycles. The van der Waals surface area contributed by atoms with Crippen LogP contribution in [0.4, 0.5) is 0 Å². The van der Waals surface area contributed by atoms with E-state index in [-0.39, 0.29) is 10.8 Å². The molecule has 0 aliphatic carbocycles. The van der Waals surface area contributed by atoms with Crippen molar-refractivity contribution in [1.82, 2.24) is 9.38 Å². The summed E-state index contributed by atoms with van der Waals surface area (Å²) in [5, 5.41) is 3.83. The molecular formula is C29H32N2. The molecule has 0 N–H and O–H groups in total. The Morgan fingerprint density at radius 3 is 1.90 bits per heavy atom. The predicted molar refractivity (Wildman–Crippen MR) is 134 cm³/mol. The second kappa shape index (κ2) is 6.82. The number of imidazole rings is 1. The number of pyridine rings is 1. The van der Waals surface area contributed by atoms with Gasteiger partial charge in [-0.3, -0.25) is 4.40 Å². The smallest absolute Gasteiger partial charge is 0.146 e. The first-order valence-corrected chi connectivity index (χ1v) is 11.3. The summed E-state index contributed by atoms with van der Waals surface area (Å²) in [7, 11) is 0. The number of rotatable bonds is 2. The molecule has 2 nitrogen and oxygen atoms in total. The predicted octanol–water partition coefficient (Wildman–Crippen LogP) is 7.97. The quantitative estimate of drug-likeness (QED) is 0.271. The van der Waals surface area contributed by atoms with Gasteiger partial charge in [-0.05, 0) is 64.5 Å². The molecule has 158 valence electrons. The lowest BCUT2D eigenvalue weighted by molar-refractivity contribution is 0.392. The van der Waals surface area contributed by atoms with E-state index in [0.29, 0.717) is 0 Å². The first-order valence-electron chi connectivity index (χ1n) is 11.3. The van der Waals surface area contributed by atoms with Gasteiger partial charge in [0.15, 0.2) is 0 Å². The Bertz CT molecular complexity index is 1440. The fraction of sp³-hybridized carbons (Fsp3) is 0.345. The van der Waals surface area contributed by atoms with Crippen LogP contribution in [0.2, 0.25) is 0 Å². The van der Waals surface area contributed by atoms with Crippen LogP contribution in [0.25, 0.3) is 38.4 Å². The molecule has 0 radical (unpaired) electrons. The van der Waals surface area contributed by atoms with Gasteiger partial charge in [-0.15, -0.1) is 0 Å². The van der Waals surface area contributed by atoms with Crippen LogP contribution in [0, 0.1) is 10.8 Å². The van der Waals surface area contributed by atoms with Crippen LogP contribution in [0.5, 0.6) is 0 Å². The van der Waals surface area contributed by atoms with E-state index in [1.165, 1.54) is 38.3 Å². The summed E-state index contributed by atoms with van der Waals surface area (Å²) in [5.74, 6) is 0. The number of hydrogen-bond donors (Lipinski definition) is 0. The third-order valence-corrected chi connectivity index (χ3v) is 6.02. The maximum atomic E-state index is 5.04. The normalized spacial score (nSPS) is 13.1. The van der Waals surface area contributed by atoms with Gasteiger partial charge in [-0.25, -0.2) is 4.98 Å². The first kappa shape index (κ1) is 20.1. The maximum absolute atomic E-state index is 5.04. The Hall–Kier alpha value is -2.87. The summed E-state index contributed by atoms with van der Waals surface area (Å²) in [6.45, 7) is 14.0. The monoisotopic (exact) mass is 408 g/mol. The molecule has 5 aromatic rings. The molecule has 0 bridgehead atoms. The van der Waals surface area contributed by atoms with Gasteiger partial charge in [0.1, 0.15) is 5.65 Å². The first-order chi connectivity index (χ1) is 14.6. The Balaban J connectivity index is 1.97. The molecule has 2 aromatic heterocycles. The lowest BCUT2D eigenvalue weighted by Crippen LogP contribution is -2.15. The fourth-order valence-electron chi connectivity index (χ4n) is 4.91. The number of aromatic nitrogens is 2. The minimum absolute atomic E-state index is 0.229. The highest BCUT2D eigenvalue weighted by Gasteiger charge is 2.21. The summed E-state index contributed by atoms with van der Waals surface area (Å²) >= 11 is 0. The van der Waals surface area contributed by atoms with Crippen LogP contribution in [0.3, 0.4) is 0 Å². The minimum atomic E-state index is 0.229. The number of hydrogen-bond acceptors (Lipinski definition) is 1. The van der Waals surface area contributed by atoms with Crippen molar-refractivity contribution in [3.8, 4) is 0 Å². The van der Waals surface area contributed by atoms with Crippen molar-refractivity contribution in [2.45, 2.75) is 54.4 Å². The molecule has 0 spiro atoms. The highest BCUT2D eigenvalue weighted by atomic mass is 15.0. The Labute approximate surface area is 184 Å². The van der Waals surface area contributed by atoms with Crippen LogP contribution < -0.4 is 0 Å². The van der Waals surface area contributed by atoms with Crippen LogP contribution in [-0.2, 0) is 12.8 Å². The van der Waals surface area contributed by atoms with Gasteiger partial charge in [0.25, 0.3) is 0 Å². The van der Waals surface area contributed by atoms with Crippen molar-refractivity contribution in [3.05, 3.63) is 71.8 Å². The van der Waals surface area contributed by atoms with E-state index in [2.05, 4.69) is 107 Å². The molecule has 0 saturated carbocycles. The molecule has 0 saturated heterocycles. The number of benzene rings is 3. The number of fused-ring (bicyclic) bond motifs is 8. The van der Waals surface area contributed by atoms with Crippen molar-refractivity contribution < 1.29 is 0 Å². The number of nitrogens with zero attached hydrogens (tertiary/aromatic N) is 2. The summed E-state index contributed by atoms with van der Waals surface area (Å²) < 4.78 is 2.38. The van der Waals surface area contributed by atoms with Crippen molar-refractivity contribution in [3.63, 3.8) is 0 Å². The topological polar surface area (TPSA) is 17.3 Å². The van der Waals surface area contributed by atoms with Gasteiger partial charge in [-0.1, -0.05) is 77.9 Å². The zero-order valence-electron chi connectivity index (χ0n) is 19.6. The second-order valence-corrected chi connectivity index (χ2v) is 11.4. The van der Waals surface area contributed by atoms with Gasteiger partial charge in [-0.2, -0.15) is 0 Å². The summed E-state index contributed by atoms with van der Waals surface area (Å²) in [5.41, 5.74) is 7.95. The zero-order chi connectivity index (χ0) is 22.0. The zero-order valence-corrected chi connectivity index (χ0v) is 19.6. The van der Waals surface area contributed by atoms with Crippen molar-refractivity contribution in [1.29, 1.82) is 0 Å². The van der Waals surface area contributed by atoms with Crippen LogP contribution in [0.1, 0.15) is 52.7 Å². The average Bonchev–Trinajstić information content (AvgIpc) is 3.07. The maximum Gasteiger partial charge on any atom is 0.146 e. The molecular weight excluding hydrogens is 376 g/mol. The average molecular weight is 409 g/mol. The van der Waals surface area contributed by atoms with E-state index in [1.807, 2.05) is 0 Å². The molecule has 0 unspecified atom stereocenters. The standard InChI is InChI=1S/C29H32N2/c1-28(2,3)17-19-15-23-21-11-7-8-12-22(21)27-30-24-13-9-10-14-25(24)31(27)26(23)16-20(19)18-29(4,5)6/h7-16H,17-18H2,1-6H3. The summed E-state index contributed by atoms with van der Waals surface area (Å²) in [6, 6.07) is 22.2. The largest absolute Gasteiger partial charge is 0.292 e. The van der Waals surface area contributed by atoms with E-state index in [1.54, 1.807) is 0 Å². The van der Waals surface area contributed by atoms with E-state index >= 15 is 0 Å². The van der Waals surface area contributed by atoms with E-state index in [9.17, 15) is 0 Å². The summed E-state index contributed by atoms with van der Waals surface area (Å²) in [6.07, 6.45) is 2.14. The van der Waals surface area contributed by atoms with Crippen LogP contribution >= 0.6 is 0 Å². The highest BCUT2D eigenvalue weighted by molar-refractivity contribution is 6.14. The van der Waals surface area contributed by atoms with Crippen molar-refractivity contribution in [2.75, 3.05) is 0 Å². The third-order valence-electron chi connectivity index (χ3n) is 6.02. The van der Waals surface area contributed by atoms with Crippen molar-refractivity contribution in [2.24, 2.45) is 10.8 Å². The third kappa shape index (κ3) is 3.59. The molecule has 0 fully saturated rings. The van der Waals surface area contributed by atoms with Gasteiger partial charge in [0.05, 0.1) is 16.6 Å². The molecule has 2 heteroatoms. The van der Waals surface area contributed by atoms with E-state index in [0.717, 1.165) is 24.0 Å². The Morgan fingerprint density at radius 1 is 0.645 bits per heavy atom. The Kier molecular flexibility index (Phi) is 4.41. The van der Waals surface area contributed by atoms with Crippen LogP contribution in [0.15, 0.2) is 60.7 Å². The van der Waals surface area contributed by atoms with Gasteiger partial charge < -0.3 is 0 Å². The molecule has 2 heterocycles. The highest BCUT2D eigenvalue weighted by Crippen LogP contribution is 2.36. The van der Waals surface area contributed by atoms with Crippen LogP contribution in [-0.4, -0.2) is 9.38 Å². The van der Waals surface area contributed by atoms with Crippen molar-refractivity contribution >= 4 is 38.4 Å². The Morgan fingerprint density at radius 2 is 1.23 bits per heavy atom. The van der Waals surface area contributed by atoms with E-state index < -0.39 is 0 Å². The molecule has 0 aliphatic rings. The molecule has 31 heavy (non-hydrogen) atoms. The second-order valence-electron chi connectivity index (χ2n) is 11.4.